The minimum absolute atomic E-state index is 0.0806. The van der Waals surface area contributed by atoms with E-state index in [0.29, 0.717) is 5.56 Å². The Morgan fingerprint density at radius 3 is 2.82 bits per heavy atom. The average Bonchev–Trinajstić information content (AvgIpc) is 2.34. The summed E-state index contributed by atoms with van der Waals surface area (Å²) in [6.07, 6.45) is 1.52. The SMILES string of the molecule is OCc1cc(Br)cnc1Oc1ccccc1F. The van der Waals surface area contributed by atoms with E-state index in [4.69, 9.17) is 9.84 Å². The van der Waals surface area contributed by atoms with Crippen LogP contribution in [0.25, 0.3) is 0 Å². The van der Waals surface area contributed by atoms with E-state index in [1.165, 1.54) is 18.3 Å². The number of aliphatic hydroxyl groups excluding tert-OH is 1. The van der Waals surface area contributed by atoms with Crippen molar-refractivity contribution in [3.63, 3.8) is 0 Å². The molecule has 0 bridgehead atoms. The molecule has 0 aliphatic heterocycles. The molecular weight excluding hydrogens is 289 g/mol. The van der Waals surface area contributed by atoms with Crippen LogP contribution in [0.3, 0.4) is 0 Å². The number of ether oxygens (including phenoxy) is 1. The highest BCUT2D eigenvalue weighted by atomic mass is 79.9. The van der Waals surface area contributed by atoms with Crippen LogP contribution in [0.2, 0.25) is 0 Å². The first-order valence-electron chi connectivity index (χ1n) is 4.88. The van der Waals surface area contributed by atoms with Gasteiger partial charge in [-0.25, -0.2) is 9.37 Å². The molecule has 0 aliphatic rings. The zero-order chi connectivity index (χ0) is 12.3. The molecule has 1 N–H and O–H groups in total. The Hall–Kier alpha value is -1.46. The van der Waals surface area contributed by atoms with Crippen molar-refractivity contribution in [1.82, 2.24) is 4.98 Å². The number of nitrogens with zero attached hydrogens (tertiary/aromatic N) is 1. The van der Waals surface area contributed by atoms with Crippen LogP contribution in [-0.4, -0.2) is 10.1 Å². The molecule has 0 saturated heterocycles. The Labute approximate surface area is 106 Å². The maximum atomic E-state index is 13.4. The van der Waals surface area contributed by atoms with Gasteiger partial charge in [0.15, 0.2) is 11.6 Å². The molecule has 0 unspecified atom stereocenters. The zero-order valence-corrected chi connectivity index (χ0v) is 10.3. The van der Waals surface area contributed by atoms with Gasteiger partial charge < -0.3 is 9.84 Å². The van der Waals surface area contributed by atoms with Gasteiger partial charge in [-0.1, -0.05) is 12.1 Å². The Morgan fingerprint density at radius 1 is 1.35 bits per heavy atom. The molecule has 1 aromatic heterocycles. The topological polar surface area (TPSA) is 42.4 Å². The van der Waals surface area contributed by atoms with Crippen LogP contribution in [-0.2, 0) is 6.61 Å². The normalized spacial score (nSPS) is 10.3. The predicted octanol–water partition coefficient (Wildman–Crippen LogP) is 3.27. The van der Waals surface area contributed by atoms with E-state index in [9.17, 15) is 4.39 Å². The molecule has 5 heteroatoms. The Balaban J connectivity index is 2.33. The monoisotopic (exact) mass is 297 g/mol. The predicted molar refractivity (Wildman–Crippen MR) is 64.3 cm³/mol. The molecular formula is C12H9BrFNO2. The Bertz CT molecular complexity index is 534. The van der Waals surface area contributed by atoms with Crippen LogP contribution in [0.1, 0.15) is 5.56 Å². The first-order chi connectivity index (χ1) is 8.20. The lowest BCUT2D eigenvalue weighted by Gasteiger charge is -2.09. The van der Waals surface area contributed by atoms with Crippen LogP contribution in [0.4, 0.5) is 4.39 Å². The summed E-state index contributed by atoms with van der Waals surface area (Å²) >= 11 is 3.23. The third-order valence-corrected chi connectivity index (χ3v) is 2.54. The van der Waals surface area contributed by atoms with E-state index < -0.39 is 5.82 Å². The largest absolute Gasteiger partial charge is 0.436 e. The standard InChI is InChI=1S/C12H9BrFNO2/c13-9-5-8(7-16)12(15-6-9)17-11-4-2-1-3-10(11)14/h1-6,16H,7H2. The molecule has 1 aromatic carbocycles. The van der Waals surface area contributed by atoms with Gasteiger partial charge in [0, 0.05) is 16.2 Å². The smallest absolute Gasteiger partial charge is 0.224 e. The third kappa shape index (κ3) is 2.81. The van der Waals surface area contributed by atoms with Crippen LogP contribution < -0.4 is 4.74 Å². The molecule has 0 atom stereocenters. The van der Waals surface area contributed by atoms with Gasteiger partial charge in [-0.05, 0) is 34.1 Å². The van der Waals surface area contributed by atoms with Gasteiger partial charge in [-0.3, -0.25) is 0 Å². The summed E-state index contributed by atoms with van der Waals surface area (Å²) in [6.45, 7) is -0.226. The van der Waals surface area contributed by atoms with E-state index in [0.717, 1.165) is 4.47 Å². The first-order valence-corrected chi connectivity index (χ1v) is 5.67. The van der Waals surface area contributed by atoms with E-state index in [1.807, 2.05) is 0 Å². The molecule has 17 heavy (non-hydrogen) atoms. The number of aromatic nitrogens is 1. The summed E-state index contributed by atoms with van der Waals surface area (Å²) < 4.78 is 19.4. The first kappa shape index (κ1) is 12.0. The van der Waals surface area contributed by atoms with Crippen molar-refractivity contribution in [3.8, 4) is 11.6 Å². The molecule has 0 fully saturated rings. The zero-order valence-electron chi connectivity index (χ0n) is 8.73. The highest BCUT2D eigenvalue weighted by Crippen LogP contribution is 2.27. The molecule has 2 aromatic rings. The maximum Gasteiger partial charge on any atom is 0.224 e. The molecule has 3 nitrogen and oxygen atoms in total. The number of rotatable bonds is 3. The number of hydrogen-bond donors (Lipinski definition) is 1. The summed E-state index contributed by atoms with van der Waals surface area (Å²) in [4.78, 5) is 3.99. The van der Waals surface area contributed by atoms with Crippen molar-refractivity contribution in [2.24, 2.45) is 0 Å². The molecule has 2 rings (SSSR count). The fraction of sp³-hybridized carbons (Fsp3) is 0.0833. The summed E-state index contributed by atoms with van der Waals surface area (Å²) in [6, 6.07) is 7.70. The van der Waals surface area contributed by atoms with Gasteiger partial charge in [0.25, 0.3) is 0 Å². The number of benzene rings is 1. The average molecular weight is 298 g/mol. The van der Waals surface area contributed by atoms with E-state index in [1.54, 1.807) is 18.2 Å². The Morgan fingerprint density at radius 2 is 2.12 bits per heavy atom. The highest BCUT2D eigenvalue weighted by molar-refractivity contribution is 9.10. The second-order valence-electron chi connectivity index (χ2n) is 3.31. The van der Waals surface area contributed by atoms with Crippen molar-refractivity contribution in [2.75, 3.05) is 0 Å². The molecule has 0 saturated carbocycles. The van der Waals surface area contributed by atoms with Crippen molar-refractivity contribution in [2.45, 2.75) is 6.61 Å². The Kier molecular flexibility index (Phi) is 3.71. The fourth-order valence-corrected chi connectivity index (χ4v) is 1.68. The number of para-hydroxylation sites is 1. The van der Waals surface area contributed by atoms with Crippen LogP contribution in [0, 0.1) is 5.82 Å². The van der Waals surface area contributed by atoms with E-state index >= 15 is 0 Å². The van der Waals surface area contributed by atoms with Crippen molar-refractivity contribution in [3.05, 3.63) is 52.4 Å². The van der Waals surface area contributed by atoms with Crippen LogP contribution >= 0.6 is 15.9 Å². The maximum absolute atomic E-state index is 13.4. The van der Waals surface area contributed by atoms with Gasteiger partial charge in [-0.15, -0.1) is 0 Å². The number of hydrogen-bond acceptors (Lipinski definition) is 3. The minimum atomic E-state index is -0.471. The minimum Gasteiger partial charge on any atom is -0.436 e. The van der Waals surface area contributed by atoms with Gasteiger partial charge in [0.2, 0.25) is 5.88 Å². The summed E-state index contributed by atoms with van der Waals surface area (Å²) in [5, 5.41) is 9.16. The number of pyridine rings is 1. The molecule has 88 valence electrons. The number of halogens is 2. The van der Waals surface area contributed by atoms with E-state index in [-0.39, 0.29) is 18.2 Å². The summed E-state index contributed by atoms with van der Waals surface area (Å²) in [5.74, 6) is -0.195. The third-order valence-electron chi connectivity index (χ3n) is 2.11. The molecule has 1 heterocycles. The lowest BCUT2D eigenvalue weighted by molar-refractivity contribution is 0.274. The van der Waals surface area contributed by atoms with Gasteiger partial charge in [-0.2, -0.15) is 0 Å². The lowest BCUT2D eigenvalue weighted by atomic mass is 10.3. The van der Waals surface area contributed by atoms with Gasteiger partial charge >= 0.3 is 0 Å². The molecule has 0 aliphatic carbocycles. The van der Waals surface area contributed by atoms with Gasteiger partial charge in [0.1, 0.15) is 0 Å². The number of aliphatic hydroxyl groups is 1. The molecule has 0 radical (unpaired) electrons. The second-order valence-corrected chi connectivity index (χ2v) is 4.22. The van der Waals surface area contributed by atoms with Crippen molar-refractivity contribution < 1.29 is 14.2 Å². The molecule has 0 amide bonds. The van der Waals surface area contributed by atoms with Crippen LogP contribution in [0.5, 0.6) is 11.6 Å². The van der Waals surface area contributed by atoms with Gasteiger partial charge in [0.05, 0.1) is 6.61 Å². The summed E-state index contributed by atoms with van der Waals surface area (Å²) in [5.41, 5.74) is 0.489. The van der Waals surface area contributed by atoms with E-state index in [2.05, 4.69) is 20.9 Å². The highest BCUT2D eigenvalue weighted by Gasteiger charge is 2.09. The quantitative estimate of drug-likeness (QED) is 0.945. The lowest BCUT2D eigenvalue weighted by Crippen LogP contribution is -1.96. The second kappa shape index (κ2) is 5.25. The van der Waals surface area contributed by atoms with Crippen LogP contribution in [0.15, 0.2) is 41.0 Å². The summed E-state index contributed by atoms with van der Waals surface area (Å²) in [7, 11) is 0. The fourth-order valence-electron chi connectivity index (χ4n) is 1.31. The molecule has 0 spiro atoms. The van der Waals surface area contributed by atoms with Crippen molar-refractivity contribution >= 4 is 15.9 Å². The van der Waals surface area contributed by atoms with Crippen molar-refractivity contribution in [1.29, 1.82) is 0 Å².